The summed E-state index contributed by atoms with van der Waals surface area (Å²) in [6.07, 6.45) is 0.830. The van der Waals surface area contributed by atoms with E-state index in [0.29, 0.717) is 24.6 Å². The van der Waals surface area contributed by atoms with Gasteiger partial charge in [0.05, 0.1) is 7.11 Å². The molecule has 2 N–H and O–H groups in total. The van der Waals surface area contributed by atoms with E-state index in [-0.39, 0.29) is 5.88 Å². The summed E-state index contributed by atoms with van der Waals surface area (Å²) in [7, 11) is -0.314. The molecule has 23 heavy (non-hydrogen) atoms. The highest BCUT2D eigenvalue weighted by Crippen LogP contribution is 2.32. The van der Waals surface area contributed by atoms with Gasteiger partial charge in [-0.3, -0.25) is 0 Å². The minimum Gasteiger partial charge on any atom is -0.497 e. The van der Waals surface area contributed by atoms with E-state index >= 15 is 0 Å². The molecule has 0 fully saturated rings. The standard InChI is InChI=1S/C15H21BN2O5/c1-4-9-18-15(23-16(19)20)14(11(2)17-18)22-10-12-5-7-13(21-3)8-6-12/h5-8,19-20H,4,9-10H2,1-3H3. The third kappa shape index (κ3) is 4.40. The molecule has 0 atom stereocenters. The predicted octanol–water partition coefficient (Wildman–Crippen LogP) is 1.54. The van der Waals surface area contributed by atoms with E-state index in [2.05, 4.69) is 5.10 Å². The van der Waals surface area contributed by atoms with Gasteiger partial charge in [0.25, 0.3) is 0 Å². The van der Waals surface area contributed by atoms with E-state index in [1.54, 1.807) is 18.7 Å². The molecule has 0 bridgehead atoms. The van der Waals surface area contributed by atoms with Gasteiger partial charge in [0.15, 0.2) is 0 Å². The van der Waals surface area contributed by atoms with Gasteiger partial charge in [0.1, 0.15) is 18.1 Å². The van der Waals surface area contributed by atoms with Crippen molar-refractivity contribution in [3.63, 3.8) is 0 Å². The van der Waals surface area contributed by atoms with Crippen LogP contribution in [0.4, 0.5) is 0 Å². The lowest BCUT2D eigenvalue weighted by molar-refractivity contribution is 0.251. The van der Waals surface area contributed by atoms with Gasteiger partial charge in [-0.05, 0) is 31.0 Å². The van der Waals surface area contributed by atoms with Crippen molar-refractivity contribution in [1.82, 2.24) is 9.78 Å². The molecule has 0 amide bonds. The van der Waals surface area contributed by atoms with Crippen LogP contribution in [0.3, 0.4) is 0 Å². The van der Waals surface area contributed by atoms with Crippen molar-refractivity contribution in [1.29, 1.82) is 0 Å². The summed E-state index contributed by atoms with van der Waals surface area (Å²) in [6, 6.07) is 7.49. The maximum Gasteiger partial charge on any atom is 0.708 e. The van der Waals surface area contributed by atoms with Gasteiger partial charge in [-0.2, -0.15) is 5.10 Å². The first-order valence-electron chi connectivity index (χ1n) is 7.41. The molecule has 8 heteroatoms. The first-order valence-corrected chi connectivity index (χ1v) is 7.41. The maximum absolute atomic E-state index is 9.10. The van der Waals surface area contributed by atoms with Gasteiger partial charge in [-0.1, -0.05) is 19.1 Å². The molecular formula is C15H21BN2O5. The largest absolute Gasteiger partial charge is 0.708 e. The van der Waals surface area contributed by atoms with Gasteiger partial charge in [0.2, 0.25) is 11.6 Å². The van der Waals surface area contributed by atoms with Crippen LogP contribution in [0.2, 0.25) is 0 Å². The van der Waals surface area contributed by atoms with Crippen LogP contribution < -0.4 is 14.1 Å². The molecule has 0 radical (unpaired) electrons. The fourth-order valence-corrected chi connectivity index (χ4v) is 2.16. The smallest absolute Gasteiger partial charge is 0.497 e. The molecule has 124 valence electrons. The van der Waals surface area contributed by atoms with Crippen molar-refractivity contribution in [3.05, 3.63) is 35.5 Å². The number of hydrogen-bond donors (Lipinski definition) is 2. The van der Waals surface area contributed by atoms with Crippen LogP contribution in [0.1, 0.15) is 24.6 Å². The van der Waals surface area contributed by atoms with E-state index in [0.717, 1.165) is 17.7 Å². The number of methoxy groups -OCH3 is 1. The van der Waals surface area contributed by atoms with Crippen molar-refractivity contribution in [3.8, 4) is 17.4 Å². The summed E-state index contributed by atoms with van der Waals surface area (Å²) < 4.78 is 17.5. The van der Waals surface area contributed by atoms with Gasteiger partial charge >= 0.3 is 7.32 Å². The number of ether oxygens (including phenoxy) is 2. The molecular weight excluding hydrogens is 299 g/mol. The summed E-state index contributed by atoms with van der Waals surface area (Å²) in [5.74, 6) is 1.39. The Morgan fingerprint density at radius 1 is 1.22 bits per heavy atom. The quantitative estimate of drug-likeness (QED) is 0.718. The van der Waals surface area contributed by atoms with Crippen LogP contribution in [0.25, 0.3) is 0 Å². The number of aromatic nitrogens is 2. The third-order valence-corrected chi connectivity index (χ3v) is 3.22. The molecule has 0 aliphatic rings. The monoisotopic (exact) mass is 320 g/mol. The number of benzene rings is 1. The Bertz CT molecular complexity index is 628. The van der Waals surface area contributed by atoms with E-state index < -0.39 is 7.32 Å². The molecule has 0 unspecified atom stereocenters. The normalized spacial score (nSPS) is 10.5. The first kappa shape index (κ1) is 17.2. The fourth-order valence-electron chi connectivity index (χ4n) is 2.16. The molecule has 0 saturated carbocycles. The second-order valence-electron chi connectivity index (χ2n) is 5.02. The Balaban J connectivity index is 2.16. The SMILES string of the molecule is CCCn1nc(C)c(OCc2ccc(OC)cc2)c1OB(O)O. The molecule has 1 aromatic carbocycles. The average molecular weight is 320 g/mol. The Kier molecular flexibility index (Phi) is 5.89. The number of hydrogen-bond acceptors (Lipinski definition) is 6. The molecule has 2 aromatic rings. The Morgan fingerprint density at radius 3 is 2.48 bits per heavy atom. The summed E-state index contributed by atoms with van der Waals surface area (Å²) in [5.41, 5.74) is 1.58. The zero-order valence-corrected chi connectivity index (χ0v) is 13.5. The lowest BCUT2D eigenvalue weighted by Gasteiger charge is -2.11. The van der Waals surface area contributed by atoms with Crippen LogP contribution in [0, 0.1) is 6.92 Å². The Morgan fingerprint density at radius 2 is 1.91 bits per heavy atom. The lowest BCUT2D eigenvalue weighted by atomic mass is 10.2. The molecule has 0 saturated heterocycles. The number of rotatable bonds is 8. The maximum atomic E-state index is 9.10. The van der Waals surface area contributed by atoms with Crippen LogP contribution >= 0.6 is 0 Å². The predicted molar refractivity (Wildman–Crippen MR) is 85.4 cm³/mol. The van der Waals surface area contributed by atoms with E-state index in [4.69, 9.17) is 24.2 Å². The fraction of sp³-hybridized carbons (Fsp3) is 0.400. The summed E-state index contributed by atoms with van der Waals surface area (Å²) in [4.78, 5) is 0. The van der Waals surface area contributed by atoms with E-state index in [1.807, 2.05) is 31.2 Å². The zero-order chi connectivity index (χ0) is 16.8. The van der Waals surface area contributed by atoms with Gasteiger partial charge in [-0.15, -0.1) is 0 Å². The molecule has 1 aromatic heterocycles. The van der Waals surface area contributed by atoms with Crippen molar-refractivity contribution in [2.24, 2.45) is 0 Å². The van der Waals surface area contributed by atoms with Crippen LogP contribution in [0.15, 0.2) is 24.3 Å². The zero-order valence-electron chi connectivity index (χ0n) is 13.5. The number of aryl methyl sites for hydroxylation is 2. The summed E-state index contributed by atoms with van der Waals surface area (Å²) >= 11 is 0. The van der Waals surface area contributed by atoms with Crippen molar-refractivity contribution in [2.75, 3.05) is 7.11 Å². The third-order valence-electron chi connectivity index (χ3n) is 3.22. The topological polar surface area (TPSA) is 86.0 Å². The van der Waals surface area contributed by atoms with Crippen LogP contribution in [-0.2, 0) is 13.2 Å². The van der Waals surface area contributed by atoms with Crippen molar-refractivity contribution < 1.29 is 24.2 Å². The lowest BCUT2D eigenvalue weighted by Crippen LogP contribution is -2.23. The minimum atomic E-state index is -1.93. The van der Waals surface area contributed by atoms with Gasteiger partial charge in [0, 0.05) is 6.54 Å². The van der Waals surface area contributed by atoms with Gasteiger partial charge < -0.3 is 24.2 Å². The first-order chi connectivity index (χ1) is 11.0. The highest BCUT2D eigenvalue weighted by atomic mass is 16.6. The molecule has 7 nitrogen and oxygen atoms in total. The summed E-state index contributed by atoms with van der Waals surface area (Å²) in [5, 5.41) is 22.5. The van der Waals surface area contributed by atoms with Crippen LogP contribution in [0.5, 0.6) is 17.4 Å². The Labute approximate surface area is 135 Å². The number of nitrogens with zero attached hydrogens (tertiary/aromatic N) is 2. The second kappa shape index (κ2) is 7.89. The molecule has 0 aliphatic heterocycles. The Hall–Kier alpha value is -2.19. The second-order valence-corrected chi connectivity index (χ2v) is 5.02. The molecule has 0 spiro atoms. The van der Waals surface area contributed by atoms with Crippen molar-refractivity contribution >= 4 is 7.32 Å². The molecule has 2 rings (SSSR count). The molecule has 1 heterocycles. The minimum absolute atomic E-state index is 0.216. The van der Waals surface area contributed by atoms with Crippen LogP contribution in [-0.4, -0.2) is 34.3 Å². The average Bonchev–Trinajstić information content (AvgIpc) is 2.81. The van der Waals surface area contributed by atoms with E-state index in [1.165, 1.54) is 0 Å². The van der Waals surface area contributed by atoms with Crippen molar-refractivity contribution in [2.45, 2.75) is 33.4 Å². The highest BCUT2D eigenvalue weighted by molar-refractivity contribution is 6.33. The summed E-state index contributed by atoms with van der Waals surface area (Å²) in [6.45, 7) is 4.68. The highest BCUT2D eigenvalue weighted by Gasteiger charge is 2.23. The van der Waals surface area contributed by atoms with E-state index in [9.17, 15) is 0 Å². The molecule has 0 aliphatic carbocycles. The van der Waals surface area contributed by atoms with Gasteiger partial charge in [-0.25, -0.2) is 4.68 Å².